The van der Waals surface area contributed by atoms with Gasteiger partial charge in [-0.2, -0.15) is 0 Å². The van der Waals surface area contributed by atoms with Gasteiger partial charge in [0.15, 0.2) is 24.4 Å². The first-order valence-electron chi connectivity index (χ1n) is 35.4. The monoisotopic (exact) mass is 1860 g/mol. The topological polar surface area (TPSA) is 580 Å². The van der Waals surface area contributed by atoms with Gasteiger partial charge in [-0.3, -0.25) is 87.9 Å². The molecular weight excluding hydrogens is 1750 g/mol. The van der Waals surface area contributed by atoms with Gasteiger partial charge in [-0.25, -0.2) is 4.98 Å². The summed E-state index contributed by atoms with van der Waals surface area (Å²) in [6, 6.07) is 23.7. The summed E-state index contributed by atoms with van der Waals surface area (Å²) >= 11 is 3.00. The Bertz CT molecular complexity index is 4000. The fraction of sp³-hybridized carbons (Fsp3) is 0.397. The van der Waals surface area contributed by atoms with Gasteiger partial charge in [-0.15, -0.1) is 0 Å². The molecule has 42 nitrogen and oxygen atoms in total. The molecule has 0 aliphatic heterocycles. The number of esters is 10. The minimum Gasteiger partial charge on any atom is -1.00 e. The number of ether oxygens (including phenoxy) is 14. The summed E-state index contributed by atoms with van der Waals surface area (Å²) in [5, 5.41) is 69.7. The molecule has 0 fully saturated rings. The summed E-state index contributed by atoms with van der Waals surface area (Å²) in [7, 11) is 0. The van der Waals surface area contributed by atoms with Crippen molar-refractivity contribution in [2.45, 2.75) is 116 Å². The predicted octanol–water partition coefficient (Wildman–Crippen LogP) is -1.80. The maximum atomic E-state index is 10.8. The van der Waals surface area contributed by atoms with Gasteiger partial charge in [0.05, 0.1) is 68.8 Å². The van der Waals surface area contributed by atoms with E-state index in [2.05, 4.69) is 55.2 Å². The van der Waals surface area contributed by atoms with Crippen LogP contribution in [0.3, 0.4) is 0 Å². The minimum absolute atomic E-state index is 0. The zero-order valence-electron chi connectivity index (χ0n) is 73.2. The Morgan fingerprint density at radius 1 is 0.431 bits per heavy atom. The number of carbonyl (C=O) groups excluding carboxylic acids is 12. The number of hydrogen-bond acceptors (Lipinski definition) is 40. The molecule has 0 radical (unpaired) electrons. The third-order valence-corrected chi connectivity index (χ3v) is 12.0. The molecule has 45 heteroatoms. The fourth-order valence-corrected chi connectivity index (χ4v) is 6.77. The predicted molar refractivity (Wildman–Crippen MR) is 420 cm³/mol. The van der Waals surface area contributed by atoms with Crippen molar-refractivity contribution in [2.75, 3.05) is 91.2 Å². The molecule has 0 saturated carbocycles. The van der Waals surface area contributed by atoms with Gasteiger partial charge < -0.3 is 103 Å². The molecule has 7 heterocycles. The van der Waals surface area contributed by atoms with Crippen molar-refractivity contribution in [1.82, 2.24) is 24.9 Å². The van der Waals surface area contributed by atoms with Crippen LogP contribution in [-0.4, -0.2) is 225 Å². The van der Waals surface area contributed by atoms with E-state index >= 15 is 0 Å². The van der Waals surface area contributed by atoms with Crippen molar-refractivity contribution in [1.29, 1.82) is 0 Å². The van der Waals surface area contributed by atoms with Crippen LogP contribution in [0.15, 0.2) is 128 Å². The van der Waals surface area contributed by atoms with Gasteiger partial charge in [-0.05, 0) is 93.6 Å². The number of aliphatic hydroxyl groups excluding tert-OH is 4. The molecule has 123 heavy (non-hydrogen) atoms. The van der Waals surface area contributed by atoms with Crippen molar-refractivity contribution in [3.63, 3.8) is 0 Å². The molecule has 0 aromatic carbocycles. The molecule has 7 aromatic rings. The molecule has 0 aliphatic carbocycles. The van der Waals surface area contributed by atoms with E-state index in [0.717, 1.165) is 26.5 Å². The fourth-order valence-electron chi connectivity index (χ4n) is 6.77. The van der Waals surface area contributed by atoms with Gasteiger partial charge in [-0.1, -0.05) is 15.9 Å². The van der Waals surface area contributed by atoms with E-state index in [1.165, 1.54) is 106 Å². The summed E-state index contributed by atoms with van der Waals surface area (Å²) in [6.45, 7) is 22.2. The van der Waals surface area contributed by atoms with E-state index in [1.54, 1.807) is 92.8 Å². The Kier molecular flexibility index (Phi) is 82.3. The van der Waals surface area contributed by atoms with E-state index in [1.807, 2.05) is 26.0 Å². The van der Waals surface area contributed by atoms with Crippen LogP contribution >= 0.6 is 15.9 Å². The Morgan fingerprint density at radius 2 is 0.789 bits per heavy atom. The maximum absolute atomic E-state index is 10.8. The SMILES string of the molecule is CC(=O)OC(C)=O.CC(=O)OC(C)=O.CC(=O)OCCOc1ccc(C(C)OC(C)=O)nc1.CC(=O)OCCOc1ccc(COC(C)=O)[n+](O)c1.CC(=O)OCCOc1ccc(COC(C)=O)nc1.Cc1ccc(O)cn1.Cc1ccc(OCCO)c[n+]1O.Cc1ccc(OCCO)cn1.O=CO[O-].O=Cc1ccc(OCCO)cn1.OCCBr.[H+].[H-].[K+].[K+]. The molecule has 0 bridgehead atoms. The Morgan fingerprint density at radius 3 is 1.10 bits per heavy atom. The average molecular weight is 1860 g/mol. The van der Waals surface area contributed by atoms with Crippen LogP contribution in [0.25, 0.3) is 0 Å². The van der Waals surface area contributed by atoms with Crippen molar-refractivity contribution in [3.05, 3.63) is 168 Å². The average Bonchev–Trinajstić information content (AvgIpc) is 0.876. The second-order valence-corrected chi connectivity index (χ2v) is 22.9. The Balaban J connectivity index is -0.000000206. The van der Waals surface area contributed by atoms with E-state index < -0.39 is 36.0 Å². The maximum Gasteiger partial charge on any atom is 1.00 e. The van der Waals surface area contributed by atoms with E-state index in [-0.39, 0.29) is 240 Å². The van der Waals surface area contributed by atoms with E-state index in [4.69, 9.17) is 92.4 Å². The summed E-state index contributed by atoms with van der Waals surface area (Å²) in [4.78, 5) is 144. The van der Waals surface area contributed by atoms with Crippen LogP contribution in [0.2, 0.25) is 0 Å². The number of nitrogens with zero attached hydrogens (tertiary/aromatic N) is 7. The zero-order valence-corrected chi connectivity index (χ0v) is 79.1. The molecule has 0 spiro atoms. The standard InChI is InChI=1S/C13H17NO5.C12H16NO6.C12H15NO5.C8H12NO3.C8H9NO3.C8H11NO2.C6H7NO.2C4H6O3.C2H5BrO.CH2O3.2K.H/c1-9(19-11(3)16)13-5-4-12(8-14-13)18-7-6-17-10(2)15;1-9(14)17-5-6-18-12-4-3-11(13(16)7-12)8-19-10(2)15;1-9(14)16-5-6-17-12-4-3-11(13-7-12)8-18-10(2)15;1-7-2-3-8(6-9(7)11)12-5-4-10;10-3-4-12-8-2-1-7(6-11)9-5-8;1-7-2-3-8(6-9-7)11-5-4-10;1-5-2-3-6(8)4-7-5;2*1-3(5)7-4(2)6;3-1-2-4;2-1-4-3;;;/h4-5,8-9H,6-7H2,1-3H3;3-4,7,16H,5-6,8H2,1-2H3;3-4,7H,5-6,8H2,1-2H3;2-3,6,10-11H,4-5H2,1H3;1-2,5-6,10H,3-4H2;2-3,6,10H,4-5H2,1H3;2-4,8H,1H3;2*1-2H3;4H,1-2H2;1,3H;;;/q;+1;;+1;;;;;;;;2*+1;-1. The number of aldehydes is 1. The second-order valence-electron chi connectivity index (χ2n) is 22.2. The van der Waals surface area contributed by atoms with Crippen molar-refractivity contribution in [2.24, 2.45) is 0 Å². The second kappa shape index (κ2) is 81.7. The number of alkyl halides is 1. The summed E-state index contributed by atoms with van der Waals surface area (Å²) in [5.74, 6) is -0.901. The van der Waals surface area contributed by atoms with Gasteiger partial charge in [0, 0.05) is 114 Å². The van der Waals surface area contributed by atoms with Gasteiger partial charge >= 0.3 is 164 Å². The molecule has 670 valence electrons. The van der Waals surface area contributed by atoms with Crippen LogP contribution in [0, 0.1) is 20.8 Å². The number of halogens is 1. The molecule has 0 saturated heterocycles. The van der Waals surface area contributed by atoms with Crippen LogP contribution < -0.4 is 146 Å². The molecular formula is C78H107BrK2N7O35+3. The van der Waals surface area contributed by atoms with E-state index in [0.29, 0.717) is 75.5 Å². The zero-order chi connectivity index (χ0) is 92.3. The van der Waals surface area contributed by atoms with Crippen LogP contribution in [0.1, 0.15) is 130 Å². The molecule has 7 N–H and O–H groups in total. The Labute approximate surface area is 806 Å². The minimum atomic E-state index is -0.562. The van der Waals surface area contributed by atoms with Gasteiger partial charge in [0.25, 0.3) is 24.6 Å². The number of rotatable bonds is 30. The largest absolute Gasteiger partial charge is 1.00 e. The van der Waals surface area contributed by atoms with E-state index in [9.17, 15) is 63.2 Å². The number of aromatic nitrogens is 7. The van der Waals surface area contributed by atoms with Crippen molar-refractivity contribution in [3.8, 4) is 40.2 Å². The summed E-state index contributed by atoms with van der Waals surface area (Å²) in [6.07, 6.45) is 10.6. The van der Waals surface area contributed by atoms with Crippen molar-refractivity contribution < 1.29 is 285 Å². The molecule has 0 amide bonds. The number of aromatic hydroxyl groups is 1. The van der Waals surface area contributed by atoms with Gasteiger partial charge in [0.1, 0.15) is 107 Å². The first-order valence-corrected chi connectivity index (χ1v) is 36.5. The van der Waals surface area contributed by atoms with Crippen LogP contribution in [0.5, 0.6) is 40.2 Å². The van der Waals surface area contributed by atoms with Crippen LogP contribution in [-0.2, 0) is 109 Å². The normalized spacial score (nSPS) is 9.33. The molecule has 7 rings (SSSR count). The Hall–Kier alpha value is -9.96. The molecule has 1 atom stereocenters. The number of aliphatic hydroxyl groups is 4. The molecule has 7 aromatic heterocycles. The third-order valence-electron chi connectivity index (χ3n) is 11.7. The first kappa shape index (κ1) is 124. The number of aryl methyl sites for hydroxylation is 3. The summed E-state index contributed by atoms with van der Waals surface area (Å²) < 4.78 is 69.5. The number of hydrogen-bond donors (Lipinski definition) is 7. The molecule has 0 aliphatic rings. The third kappa shape index (κ3) is 81.5. The van der Waals surface area contributed by atoms with Crippen LogP contribution in [0.4, 0.5) is 0 Å². The first-order chi connectivity index (χ1) is 57.3. The molecule has 1 unspecified atom stereocenters. The number of pyridine rings is 7. The summed E-state index contributed by atoms with van der Waals surface area (Å²) in [5.41, 5.74) is 4.66. The quantitative estimate of drug-likeness (QED) is 0.00223. The van der Waals surface area contributed by atoms with Crippen molar-refractivity contribution >= 4 is 88.4 Å². The smallest absolute Gasteiger partial charge is 1.00 e. The van der Waals surface area contributed by atoms with Gasteiger partial charge in [0.2, 0.25) is 5.69 Å². The number of carbonyl (C=O) groups is 12.